The van der Waals surface area contributed by atoms with E-state index in [0.717, 1.165) is 6.92 Å². The summed E-state index contributed by atoms with van der Waals surface area (Å²) in [5.41, 5.74) is 0. The number of carbonyl (C=O) groups is 2. The third-order valence-electron chi connectivity index (χ3n) is 5.02. The summed E-state index contributed by atoms with van der Waals surface area (Å²) < 4.78 is 10.6. The minimum Gasteiger partial charge on any atom is -0.394 e. The number of nitrogens with one attached hydrogen (secondary N) is 2. The fourth-order valence-electron chi connectivity index (χ4n) is 3.17. The van der Waals surface area contributed by atoms with Crippen LogP contribution >= 0.6 is 0 Å². The van der Waals surface area contributed by atoms with E-state index < -0.39 is 92.7 Å². The first kappa shape index (κ1) is 32.5. The Morgan fingerprint density at radius 2 is 1.24 bits per heavy atom. The van der Waals surface area contributed by atoms with Gasteiger partial charge in [0.2, 0.25) is 11.8 Å². The molecule has 0 fully saturated rings. The Bertz CT molecular complexity index is 596. The Kier molecular flexibility index (Phi) is 15.6. The second kappa shape index (κ2) is 16.3. The Balaban J connectivity index is 5.78. The molecule has 0 aromatic rings. The Labute approximate surface area is 198 Å². The third-order valence-corrected chi connectivity index (χ3v) is 5.02. The van der Waals surface area contributed by atoms with Gasteiger partial charge in [0, 0.05) is 13.8 Å². The highest BCUT2D eigenvalue weighted by Gasteiger charge is 2.39. The van der Waals surface area contributed by atoms with Crippen LogP contribution in [0.3, 0.4) is 0 Å². The van der Waals surface area contributed by atoms with Crippen LogP contribution in [0.2, 0.25) is 0 Å². The van der Waals surface area contributed by atoms with E-state index in [1.165, 1.54) is 13.8 Å². The van der Waals surface area contributed by atoms with E-state index >= 15 is 0 Å². The van der Waals surface area contributed by atoms with E-state index in [-0.39, 0.29) is 6.42 Å². The zero-order valence-corrected chi connectivity index (χ0v) is 19.8. The number of amides is 2. The van der Waals surface area contributed by atoms with Crippen LogP contribution in [-0.4, -0.2) is 134 Å². The van der Waals surface area contributed by atoms with Crippen LogP contribution in [0.15, 0.2) is 0 Å². The zero-order chi connectivity index (χ0) is 26.6. The van der Waals surface area contributed by atoms with Gasteiger partial charge in [-0.05, 0) is 13.3 Å². The highest BCUT2D eigenvalue weighted by atomic mass is 16.6. The van der Waals surface area contributed by atoms with Crippen molar-refractivity contribution in [2.45, 2.75) is 95.2 Å². The minimum atomic E-state index is -1.85. The molecule has 0 aliphatic rings. The van der Waals surface area contributed by atoms with Crippen molar-refractivity contribution < 1.29 is 59.9 Å². The normalized spacial score (nSPS) is 20.7. The van der Waals surface area contributed by atoms with Gasteiger partial charge in [-0.15, -0.1) is 0 Å². The number of aliphatic hydroxyl groups is 8. The number of ether oxygens (including phenoxy) is 2. The number of carbonyl (C=O) groups excluding carboxylic acids is 2. The molecule has 0 aromatic heterocycles. The first-order chi connectivity index (χ1) is 15.8. The van der Waals surface area contributed by atoms with Crippen LogP contribution in [0.1, 0.15) is 34.1 Å². The molecule has 0 heterocycles. The molecule has 0 aromatic carbocycles. The molecule has 0 aliphatic carbocycles. The molecule has 0 saturated heterocycles. The summed E-state index contributed by atoms with van der Waals surface area (Å²) in [4.78, 5) is 23.1. The Hall–Kier alpha value is -1.46. The summed E-state index contributed by atoms with van der Waals surface area (Å²) in [6.45, 7) is 2.85. The predicted molar refractivity (Wildman–Crippen MR) is 116 cm³/mol. The van der Waals surface area contributed by atoms with Crippen LogP contribution in [0.4, 0.5) is 0 Å². The molecule has 202 valence electrons. The molecule has 0 aliphatic heterocycles. The third kappa shape index (κ3) is 10.9. The van der Waals surface area contributed by atoms with Crippen LogP contribution in [0.25, 0.3) is 0 Å². The maximum atomic E-state index is 11.7. The standard InChI is InChI=1S/C20H40N2O12/c1-5-12(21-10(3)26)16(30)18(14(28)6-23)33-8-13(22-11(4)27)17(31)19(15(29)7-24)34-20(32)9(2)25/h9,12-20,23-25,28-32H,5-8H2,1-4H3,(H,21,26)(H,22,27)/t9?,12?,13?,14?,15?,16-,17-,18-,19-,20+/m1/s1. The van der Waals surface area contributed by atoms with Gasteiger partial charge in [-0.25, -0.2) is 0 Å². The summed E-state index contributed by atoms with van der Waals surface area (Å²) in [5.74, 6) is -1.10. The van der Waals surface area contributed by atoms with Crippen molar-refractivity contribution in [2.24, 2.45) is 0 Å². The number of hydrogen-bond acceptors (Lipinski definition) is 12. The van der Waals surface area contributed by atoms with E-state index in [4.69, 9.17) is 9.47 Å². The van der Waals surface area contributed by atoms with Gasteiger partial charge in [0.1, 0.15) is 42.7 Å². The molecule has 14 heteroatoms. The molecule has 0 spiro atoms. The van der Waals surface area contributed by atoms with Gasteiger partial charge in [-0.3, -0.25) is 9.59 Å². The first-order valence-corrected chi connectivity index (χ1v) is 10.9. The highest BCUT2D eigenvalue weighted by Crippen LogP contribution is 2.17. The van der Waals surface area contributed by atoms with Crippen molar-refractivity contribution in [3.05, 3.63) is 0 Å². The van der Waals surface area contributed by atoms with Crippen molar-refractivity contribution in [3.8, 4) is 0 Å². The van der Waals surface area contributed by atoms with Gasteiger partial charge >= 0.3 is 0 Å². The lowest BCUT2D eigenvalue weighted by Crippen LogP contribution is -2.58. The molecule has 0 rings (SSSR count). The van der Waals surface area contributed by atoms with Gasteiger partial charge in [0.05, 0.1) is 31.9 Å². The van der Waals surface area contributed by atoms with Crippen LogP contribution < -0.4 is 10.6 Å². The van der Waals surface area contributed by atoms with Gasteiger partial charge in [-0.1, -0.05) is 6.92 Å². The lowest BCUT2D eigenvalue weighted by Gasteiger charge is -2.36. The van der Waals surface area contributed by atoms with Crippen LogP contribution in [0.5, 0.6) is 0 Å². The van der Waals surface area contributed by atoms with E-state index in [1.807, 2.05) is 0 Å². The quantitative estimate of drug-likeness (QED) is 0.0848. The molecular weight excluding hydrogens is 460 g/mol. The minimum absolute atomic E-state index is 0.242. The fourth-order valence-corrected chi connectivity index (χ4v) is 3.17. The molecule has 10 atom stereocenters. The number of hydrogen-bond donors (Lipinski definition) is 10. The van der Waals surface area contributed by atoms with Crippen molar-refractivity contribution in [3.63, 3.8) is 0 Å². The lowest BCUT2D eigenvalue weighted by atomic mass is 9.98. The van der Waals surface area contributed by atoms with Gasteiger partial charge < -0.3 is 61.0 Å². The Morgan fingerprint density at radius 1 is 0.794 bits per heavy atom. The maximum absolute atomic E-state index is 11.7. The number of aliphatic hydroxyl groups excluding tert-OH is 8. The van der Waals surface area contributed by atoms with Gasteiger partial charge in [-0.2, -0.15) is 0 Å². The van der Waals surface area contributed by atoms with E-state index in [0.29, 0.717) is 0 Å². The largest absolute Gasteiger partial charge is 0.394 e. The topological polar surface area (TPSA) is 238 Å². The molecule has 10 N–H and O–H groups in total. The molecular formula is C20H40N2O12. The molecule has 14 nitrogen and oxygen atoms in total. The summed E-state index contributed by atoms with van der Waals surface area (Å²) in [6.07, 6.45) is -12.9. The second-order valence-corrected chi connectivity index (χ2v) is 8.03. The average Bonchev–Trinajstić information content (AvgIpc) is 2.77. The molecule has 2 amide bonds. The summed E-state index contributed by atoms with van der Waals surface area (Å²) >= 11 is 0. The molecule has 0 bridgehead atoms. The number of rotatable bonds is 17. The summed E-state index contributed by atoms with van der Waals surface area (Å²) in [7, 11) is 0. The van der Waals surface area contributed by atoms with E-state index in [1.54, 1.807) is 6.92 Å². The van der Waals surface area contributed by atoms with Crippen molar-refractivity contribution in [1.29, 1.82) is 0 Å². The van der Waals surface area contributed by atoms with Gasteiger partial charge in [0.25, 0.3) is 0 Å². The van der Waals surface area contributed by atoms with E-state index in [9.17, 15) is 50.4 Å². The monoisotopic (exact) mass is 500 g/mol. The van der Waals surface area contributed by atoms with Gasteiger partial charge in [0.15, 0.2) is 6.29 Å². The highest BCUT2D eigenvalue weighted by molar-refractivity contribution is 5.73. The summed E-state index contributed by atoms with van der Waals surface area (Å²) in [5, 5.41) is 84.3. The average molecular weight is 501 g/mol. The molecule has 5 unspecified atom stereocenters. The SMILES string of the molecule is CCC(NC(C)=O)[C@@H](O)[C@H](OCC(NC(C)=O)[C@@H](O)[C@H](O[C@H](O)C(C)O)C(O)CO)C(O)CO. The van der Waals surface area contributed by atoms with Crippen molar-refractivity contribution in [2.75, 3.05) is 19.8 Å². The molecule has 0 radical (unpaired) electrons. The summed E-state index contributed by atoms with van der Waals surface area (Å²) in [6, 6.07) is -2.23. The van der Waals surface area contributed by atoms with Crippen molar-refractivity contribution in [1.82, 2.24) is 10.6 Å². The first-order valence-electron chi connectivity index (χ1n) is 10.9. The zero-order valence-electron chi connectivity index (χ0n) is 19.8. The second-order valence-electron chi connectivity index (χ2n) is 8.03. The fraction of sp³-hybridized carbons (Fsp3) is 0.900. The van der Waals surface area contributed by atoms with Crippen molar-refractivity contribution >= 4 is 11.8 Å². The molecule has 34 heavy (non-hydrogen) atoms. The predicted octanol–water partition coefficient (Wildman–Crippen LogP) is -4.70. The smallest absolute Gasteiger partial charge is 0.217 e. The lowest BCUT2D eigenvalue weighted by molar-refractivity contribution is -0.233. The van der Waals surface area contributed by atoms with Crippen LogP contribution in [0, 0.1) is 0 Å². The van der Waals surface area contributed by atoms with Crippen LogP contribution in [-0.2, 0) is 19.1 Å². The Morgan fingerprint density at radius 3 is 1.65 bits per heavy atom. The maximum Gasteiger partial charge on any atom is 0.217 e. The van der Waals surface area contributed by atoms with E-state index in [2.05, 4.69) is 10.6 Å². The molecule has 0 saturated carbocycles.